The van der Waals surface area contributed by atoms with Crippen molar-refractivity contribution < 1.29 is 9.90 Å². The number of hydrogen-bond acceptors (Lipinski definition) is 4. The summed E-state index contributed by atoms with van der Waals surface area (Å²) in [6, 6.07) is 11.2. The predicted molar refractivity (Wildman–Crippen MR) is 107 cm³/mol. The van der Waals surface area contributed by atoms with E-state index in [0.717, 1.165) is 19.3 Å². The van der Waals surface area contributed by atoms with Crippen molar-refractivity contribution in [1.29, 1.82) is 0 Å². The molecule has 0 aliphatic heterocycles. The van der Waals surface area contributed by atoms with Gasteiger partial charge in [0.1, 0.15) is 5.75 Å². The van der Waals surface area contributed by atoms with Crippen LogP contribution in [0.1, 0.15) is 36.7 Å². The number of anilines is 1. The Morgan fingerprint density at radius 3 is 2.67 bits per heavy atom. The Bertz CT molecular complexity index is 1050. The van der Waals surface area contributed by atoms with Crippen LogP contribution >= 0.6 is 11.6 Å². The Balaban J connectivity index is 2.03. The van der Waals surface area contributed by atoms with Gasteiger partial charge in [0.05, 0.1) is 11.1 Å². The molecule has 0 radical (unpaired) electrons. The molecule has 1 amide bonds. The molecule has 0 unspecified atom stereocenters. The van der Waals surface area contributed by atoms with Crippen molar-refractivity contribution in [2.45, 2.75) is 32.7 Å². The molecule has 27 heavy (non-hydrogen) atoms. The van der Waals surface area contributed by atoms with Crippen molar-refractivity contribution in [3.63, 3.8) is 0 Å². The van der Waals surface area contributed by atoms with Gasteiger partial charge in [-0.3, -0.25) is 9.59 Å². The predicted octanol–water partition coefficient (Wildman–Crippen LogP) is 4.20. The minimum absolute atomic E-state index is 0.103. The molecular weight excluding hydrogens is 366 g/mol. The number of rotatable bonds is 6. The average Bonchev–Trinajstić information content (AvgIpc) is 2.66. The van der Waals surface area contributed by atoms with Gasteiger partial charge in [-0.1, -0.05) is 49.6 Å². The number of carbonyl (C=O) groups is 1. The maximum Gasteiger partial charge on any atom is 0.276 e. The number of phenolic OH excluding ortho intramolecular Hbond substituents is 1. The van der Waals surface area contributed by atoms with Gasteiger partial charge in [-0.25, -0.2) is 4.68 Å². The van der Waals surface area contributed by atoms with Gasteiger partial charge in [0.25, 0.3) is 11.5 Å². The van der Waals surface area contributed by atoms with Gasteiger partial charge in [0.15, 0.2) is 5.69 Å². The SMILES string of the molecule is CCCCCn1nc(C(=O)Nc2cc(Cl)ccc2O)c2ccccc2c1=O. The standard InChI is InChI=1S/C20H20ClN3O3/c1-2-3-6-11-24-20(27)15-8-5-4-7-14(15)18(23-24)19(26)22-16-12-13(21)9-10-17(16)25/h4-5,7-10,12,25H,2-3,6,11H2,1H3,(H,22,26). The highest BCUT2D eigenvalue weighted by Gasteiger charge is 2.18. The number of phenols is 1. The normalized spacial score (nSPS) is 10.9. The minimum Gasteiger partial charge on any atom is -0.506 e. The Hall–Kier alpha value is -2.86. The molecule has 1 aromatic heterocycles. The van der Waals surface area contributed by atoms with Crippen LogP contribution < -0.4 is 10.9 Å². The van der Waals surface area contributed by atoms with Gasteiger partial charge in [-0.2, -0.15) is 5.10 Å². The molecule has 7 heteroatoms. The van der Waals surface area contributed by atoms with Crippen LogP contribution in [0.25, 0.3) is 10.8 Å². The van der Waals surface area contributed by atoms with E-state index >= 15 is 0 Å². The highest BCUT2D eigenvalue weighted by molar-refractivity contribution is 6.31. The van der Waals surface area contributed by atoms with Crippen molar-refractivity contribution in [3.8, 4) is 5.75 Å². The molecule has 0 saturated carbocycles. The first-order valence-corrected chi connectivity index (χ1v) is 9.18. The lowest BCUT2D eigenvalue weighted by Crippen LogP contribution is -2.27. The van der Waals surface area contributed by atoms with Crippen molar-refractivity contribution >= 4 is 34.0 Å². The number of aromatic hydroxyl groups is 1. The van der Waals surface area contributed by atoms with Crippen LogP contribution in [0.4, 0.5) is 5.69 Å². The van der Waals surface area contributed by atoms with Crippen molar-refractivity contribution in [2.75, 3.05) is 5.32 Å². The third kappa shape index (κ3) is 4.11. The van der Waals surface area contributed by atoms with E-state index in [1.54, 1.807) is 24.3 Å². The number of nitrogens with zero attached hydrogens (tertiary/aromatic N) is 2. The number of benzene rings is 2. The van der Waals surface area contributed by atoms with E-state index < -0.39 is 5.91 Å². The van der Waals surface area contributed by atoms with Gasteiger partial charge >= 0.3 is 0 Å². The number of aromatic nitrogens is 2. The summed E-state index contributed by atoms with van der Waals surface area (Å²) < 4.78 is 1.34. The molecular formula is C20H20ClN3O3. The van der Waals surface area contributed by atoms with Crippen LogP contribution in [0.5, 0.6) is 5.75 Å². The number of carbonyl (C=O) groups excluding carboxylic acids is 1. The third-order valence-electron chi connectivity index (χ3n) is 4.26. The molecule has 0 spiro atoms. The summed E-state index contributed by atoms with van der Waals surface area (Å²) >= 11 is 5.93. The molecule has 1 heterocycles. The van der Waals surface area contributed by atoms with Crippen molar-refractivity contribution in [2.24, 2.45) is 0 Å². The summed E-state index contributed by atoms with van der Waals surface area (Å²) in [5.41, 5.74) is 0.0899. The second-order valence-corrected chi connectivity index (χ2v) is 6.68. The summed E-state index contributed by atoms with van der Waals surface area (Å²) in [4.78, 5) is 25.5. The molecule has 0 aliphatic carbocycles. The molecule has 0 saturated heterocycles. The molecule has 3 rings (SSSR count). The van der Waals surface area contributed by atoms with E-state index in [4.69, 9.17) is 11.6 Å². The van der Waals surface area contributed by atoms with E-state index in [1.807, 2.05) is 0 Å². The quantitative estimate of drug-likeness (QED) is 0.492. The summed E-state index contributed by atoms with van der Waals surface area (Å²) in [6.45, 7) is 2.52. The van der Waals surface area contributed by atoms with Gasteiger partial charge in [0.2, 0.25) is 0 Å². The molecule has 2 N–H and O–H groups in total. The summed E-state index contributed by atoms with van der Waals surface area (Å²) in [5, 5.41) is 18.1. The molecule has 140 valence electrons. The fourth-order valence-electron chi connectivity index (χ4n) is 2.86. The highest BCUT2D eigenvalue weighted by Crippen LogP contribution is 2.27. The zero-order valence-corrected chi connectivity index (χ0v) is 15.7. The van der Waals surface area contributed by atoms with Gasteiger partial charge < -0.3 is 10.4 Å². The van der Waals surface area contributed by atoms with E-state index in [9.17, 15) is 14.7 Å². The molecule has 0 fully saturated rings. The van der Waals surface area contributed by atoms with Gasteiger partial charge in [0, 0.05) is 17.0 Å². The second-order valence-electron chi connectivity index (χ2n) is 6.25. The number of fused-ring (bicyclic) bond motifs is 1. The van der Waals surface area contributed by atoms with Crippen LogP contribution in [0.2, 0.25) is 5.02 Å². The lowest BCUT2D eigenvalue weighted by Gasteiger charge is -2.12. The Labute approximate surface area is 161 Å². The largest absolute Gasteiger partial charge is 0.506 e. The molecule has 0 aliphatic rings. The molecule has 3 aromatic rings. The highest BCUT2D eigenvalue weighted by atomic mass is 35.5. The number of aryl methyl sites for hydroxylation is 1. The smallest absolute Gasteiger partial charge is 0.276 e. The Morgan fingerprint density at radius 1 is 1.19 bits per heavy atom. The van der Waals surface area contributed by atoms with Crippen LogP contribution in [0.15, 0.2) is 47.3 Å². The first-order chi connectivity index (χ1) is 13.0. The summed E-state index contributed by atoms with van der Waals surface area (Å²) in [6.07, 6.45) is 2.79. The Morgan fingerprint density at radius 2 is 1.93 bits per heavy atom. The average molecular weight is 386 g/mol. The van der Waals surface area contributed by atoms with Crippen LogP contribution in [0, 0.1) is 0 Å². The molecule has 6 nitrogen and oxygen atoms in total. The maximum atomic E-state index is 12.8. The van der Waals surface area contributed by atoms with Crippen molar-refractivity contribution in [3.05, 3.63) is 63.5 Å². The monoisotopic (exact) mass is 385 g/mol. The van der Waals surface area contributed by atoms with E-state index in [0.29, 0.717) is 22.3 Å². The van der Waals surface area contributed by atoms with Gasteiger partial charge in [-0.05, 0) is 30.7 Å². The van der Waals surface area contributed by atoms with Crippen molar-refractivity contribution in [1.82, 2.24) is 9.78 Å². The van der Waals surface area contributed by atoms with Crippen LogP contribution in [-0.2, 0) is 6.54 Å². The molecule has 0 bridgehead atoms. The number of halogens is 1. The lowest BCUT2D eigenvalue weighted by atomic mass is 10.1. The minimum atomic E-state index is -0.520. The number of hydrogen-bond donors (Lipinski definition) is 2. The zero-order chi connectivity index (χ0) is 19.4. The Kier molecular flexibility index (Phi) is 5.76. The third-order valence-corrected chi connectivity index (χ3v) is 4.50. The fraction of sp³-hybridized carbons (Fsp3) is 0.250. The number of unbranched alkanes of at least 4 members (excludes halogenated alkanes) is 2. The van der Waals surface area contributed by atoms with Gasteiger partial charge in [-0.15, -0.1) is 0 Å². The fourth-order valence-corrected chi connectivity index (χ4v) is 3.03. The first kappa shape index (κ1) is 18.9. The summed E-state index contributed by atoms with van der Waals surface area (Å²) in [7, 11) is 0. The number of amides is 1. The topological polar surface area (TPSA) is 84.2 Å². The van der Waals surface area contributed by atoms with E-state index in [-0.39, 0.29) is 22.7 Å². The second kappa shape index (κ2) is 8.22. The van der Waals surface area contributed by atoms with E-state index in [1.165, 1.54) is 22.9 Å². The van der Waals surface area contributed by atoms with Crippen LogP contribution in [0.3, 0.4) is 0 Å². The summed E-state index contributed by atoms with van der Waals surface area (Å²) in [5.74, 6) is -0.624. The zero-order valence-electron chi connectivity index (χ0n) is 14.9. The maximum absolute atomic E-state index is 12.8. The molecule has 0 atom stereocenters. The molecule has 2 aromatic carbocycles. The first-order valence-electron chi connectivity index (χ1n) is 8.81. The van der Waals surface area contributed by atoms with Crippen LogP contribution in [-0.4, -0.2) is 20.8 Å². The lowest BCUT2D eigenvalue weighted by molar-refractivity contribution is 0.102. The van der Waals surface area contributed by atoms with E-state index in [2.05, 4.69) is 17.3 Å². The number of nitrogens with one attached hydrogen (secondary N) is 1.